The van der Waals surface area contributed by atoms with Crippen LogP contribution in [-0.2, 0) is 4.74 Å². The van der Waals surface area contributed by atoms with E-state index in [0.29, 0.717) is 25.6 Å². The van der Waals surface area contributed by atoms with Gasteiger partial charge in [0.05, 0.1) is 27.9 Å². The van der Waals surface area contributed by atoms with Gasteiger partial charge in [0.25, 0.3) is 0 Å². The summed E-state index contributed by atoms with van der Waals surface area (Å²) in [6.45, 7) is 9.12. The summed E-state index contributed by atoms with van der Waals surface area (Å²) in [5.74, 6) is 0.554. The zero-order valence-corrected chi connectivity index (χ0v) is 18.8. The van der Waals surface area contributed by atoms with Gasteiger partial charge >= 0.3 is 6.09 Å². The highest BCUT2D eigenvalue weighted by Gasteiger charge is 2.22. The van der Waals surface area contributed by atoms with E-state index in [-0.39, 0.29) is 6.09 Å². The third kappa shape index (κ3) is 4.93. The van der Waals surface area contributed by atoms with Crippen LogP contribution in [0.25, 0.3) is 10.6 Å². The number of hydrogen-bond acceptors (Lipinski definition) is 8. The molecule has 1 amide bonds. The van der Waals surface area contributed by atoms with Crippen LogP contribution in [0.3, 0.4) is 0 Å². The fourth-order valence-corrected chi connectivity index (χ4v) is 4.45. The van der Waals surface area contributed by atoms with Gasteiger partial charge in [0.15, 0.2) is 0 Å². The molecule has 162 valence electrons. The predicted octanol–water partition coefficient (Wildman–Crippen LogP) is 4.24. The second-order valence-corrected chi connectivity index (χ2v) is 8.46. The molecular formula is C22H26N6O2S. The van der Waals surface area contributed by atoms with E-state index in [9.17, 15) is 4.79 Å². The lowest BCUT2D eigenvalue weighted by atomic mass is 10.2. The van der Waals surface area contributed by atoms with Crippen molar-refractivity contribution in [2.75, 3.05) is 43.0 Å². The summed E-state index contributed by atoms with van der Waals surface area (Å²) < 4.78 is 5.08. The fourth-order valence-electron chi connectivity index (χ4n) is 3.56. The zero-order chi connectivity index (χ0) is 21.8. The quantitative estimate of drug-likeness (QED) is 0.638. The summed E-state index contributed by atoms with van der Waals surface area (Å²) in [5, 5.41) is 4.31. The number of thiazole rings is 1. The van der Waals surface area contributed by atoms with Crippen molar-refractivity contribution in [1.82, 2.24) is 19.9 Å². The molecule has 0 spiro atoms. The van der Waals surface area contributed by atoms with Gasteiger partial charge in [-0.25, -0.2) is 19.7 Å². The van der Waals surface area contributed by atoms with Crippen LogP contribution in [0, 0.1) is 13.8 Å². The van der Waals surface area contributed by atoms with Gasteiger partial charge in [-0.2, -0.15) is 0 Å². The molecule has 8 nitrogen and oxygen atoms in total. The number of aromatic nitrogens is 3. The Kier molecular flexibility index (Phi) is 6.31. The van der Waals surface area contributed by atoms with Crippen molar-refractivity contribution in [3.05, 3.63) is 47.2 Å². The van der Waals surface area contributed by atoms with Gasteiger partial charge < -0.3 is 19.9 Å². The number of rotatable bonds is 5. The van der Waals surface area contributed by atoms with E-state index < -0.39 is 0 Å². The SMILES string of the molecule is CCOC(=O)N1CCN(c2ccc(Nc3nccc(-c4sc(C)nc4C)n3)cc2)CC1. The molecular weight excluding hydrogens is 412 g/mol. The number of benzene rings is 1. The third-order valence-electron chi connectivity index (χ3n) is 5.09. The van der Waals surface area contributed by atoms with Crippen molar-refractivity contribution in [3.63, 3.8) is 0 Å². The topological polar surface area (TPSA) is 83.5 Å². The van der Waals surface area contributed by atoms with Crippen LogP contribution in [0.2, 0.25) is 0 Å². The van der Waals surface area contributed by atoms with Gasteiger partial charge in [0.2, 0.25) is 5.95 Å². The van der Waals surface area contributed by atoms with Gasteiger partial charge in [-0.3, -0.25) is 0 Å². The first-order valence-electron chi connectivity index (χ1n) is 10.3. The van der Waals surface area contributed by atoms with Crippen LogP contribution in [0.1, 0.15) is 17.6 Å². The standard InChI is InChI=1S/C22H26N6O2S/c1-4-30-22(29)28-13-11-27(12-14-28)18-7-5-17(6-8-18)25-21-23-10-9-19(26-21)20-15(2)24-16(3)31-20/h5-10H,4,11-14H2,1-3H3,(H,23,25,26). The first kappa shape index (κ1) is 21.0. The van der Waals surface area contributed by atoms with Crippen LogP contribution < -0.4 is 10.2 Å². The molecule has 1 N–H and O–H groups in total. The highest BCUT2D eigenvalue weighted by atomic mass is 32.1. The maximum absolute atomic E-state index is 11.9. The molecule has 2 aromatic heterocycles. The fraction of sp³-hybridized carbons (Fsp3) is 0.364. The van der Waals surface area contributed by atoms with Crippen molar-refractivity contribution in [3.8, 4) is 10.6 Å². The molecule has 1 aliphatic rings. The molecule has 1 saturated heterocycles. The molecule has 3 heterocycles. The average molecular weight is 439 g/mol. The van der Waals surface area contributed by atoms with E-state index in [1.807, 2.05) is 39.0 Å². The monoisotopic (exact) mass is 438 g/mol. The number of nitrogens with one attached hydrogen (secondary N) is 1. The number of nitrogens with zero attached hydrogens (tertiary/aromatic N) is 5. The Morgan fingerprint density at radius 1 is 1.10 bits per heavy atom. The number of anilines is 3. The van der Waals surface area contributed by atoms with Gasteiger partial charge in [-0.15, -0.1) is 11.3 Å². The minimum absolute atomic E-state index is 0.229. The average Bonchev–Trinajstić information content (AvgIpc) is 3.13. The summed E-state index contributed by atoms with van der Waals surface area (Å²) in [4.78, 5) is 30.4. The number of hydrogen-bond donors (Lipinski definition) is 1. The van der Waals surface area contributed by atoms with E-state index in [0.717, 1.165) is 45.7 Å². The number of carbonyl (C=O) groups excluding carboxylic acids is 1. The van der Waals surface area contributed by atoms with E-state index in [2.05, 4.69) is 37.3 Å². The Morgan fingerprint density at radius 2 is 1.84 bits per heavy atom. The lowest BCUT2D eigenvalue weighted by molar-refractivity contribution is 0.105. The summed E-state index contributed by atoms with van der Waals surface area (Å²) in [7, 11) is 0. The zero-order valence-electron chi connectivity index (χ0n) is 18.0. The molecule has 0 bridgehead atoms. The van der Waals surface area contributed by atoms with Crippen LogP contribution in [0.5, 0.6) is 0 Å². The van der Waals surface area contributed by atoms with Crippen LogP contribution >= 0.6 is 11.3 Å². The molecule has 0 aliphatic carbocycles. The molecule has 0 atom stereocenters. The Labute approximate surface area is 185 Å². The van der Waals surface area contributed by atoms with E-state index in [1.54, 1.807) is 22.4 Å². The molecule has 9 heteroatoms. The van der Waals surface area contributed by atoms with E-state index >= 15 is 0 Å². The van der Waals surface area contributed by atoms with Crippen molar-refractivity contribution in [2.45, 2.75) is 20.8 Å². The molecule has 1 aromatic carbocycles. The first-order valence-corrected chi connectivity index (χ1v) is 11.2. The van der Waals surface area contributed by atoms with Crippen molar-refractivity contribution < 1.29 is 9.53 Å². The summed E-state index contributed by atoms with van der Waals surface area (Å²) in [6.07, 6.45) is 1.53. The molecule has 4 rings (SSSR count). The lowest BCUT2D eigenvalue weighted by Gasteiger charge is -2.35. The highest BCUT2D eigenvalue weighted by Crippen LogP contribution is 2.29. The Balaban J connectivity index is 1.39. The second-order valence-electron chi connectivity index (χ2n) is 7.26. The minimum atomic E-state index is -0.229. The highest BCUT2D eigenvalue weighted by molar-refractivity contribution is 7.15. The van der Waals surface area contributed by atoms with Gasteiger partial charge in [-0.05, 0) is 51.1 Å². The molecule has 0 radical (unpaired) electrons. The molecule has 0 saturated carbocycles. The third-order valence-corrected chi connectivity index (χ3v) is 6.18. The number of aryl methyl sites for hydroxylation is 2. The predicted molar refractivity (Wildman–Crippen MR) is 123 cm³/mol. The van der Waals surface area contributed by atoms with Gasteiger partial charge in [0, 0.05) is 43.8 Å². The largest absolute Gasteiger partial charge is 0.450 e. The Hall–Kier alpha value is -3.20. The van der Waals surface area contributed by atoms with Crippen molar-refractivity contribution in [2.24, 2.45) is 0 Å². The minimum Gasteiger partial charge on any atom is -0.450 e. The Bertz CT molecular complexity index is 1040. The number of ether oxygens (including phenoxy) is 1. The molecule has 0 unspecified atom stereocenters. The maximum atomic E-state index is 11.9. The van der Waals surface area contributed by atoms with Crippen molar-refractivity contribution >= 4 is 34.8 Å². The normalized spacial score (nSPS) is 13.9. The first-order chi connectivity index (χ1) is 15.0. The number of amides is 1. The van der Waals surface area contributed by atoms with Crippen LogP contribution in [-0.4, -0.2) is 58.7 Å². The van der Waals surface area contributed by atoms with Crippen LogP contribution in [0.15, 0.2) is 36.5 Å². The smallest absolute Gasteiger partial charge is 0.409 e. The summed E-state index contributed by atoms with van der Waals surface area (Å²) in [6, 6.07) is 10.1. The molecule has 31 heavy (non-hydrogen) atoms. The lowest BCUT2D eigenvalue weighted by Crippen LogP contribution is -2.49. The Morgan fingerprint density at radius 3 is 2.48 bits per heavy atom. The van der Waals surface area contributed by atoms with E-state index in [1.165, 1.54) is 0 Å². The molecule has 1 aliphatic heterocycles. The molecule has 3 aromatic rings. The summed E-state index contributed by atoms with van der Waals surface area (Å²) in [5.41, 5.74) is 3.90. The van der Waals surface area contributed by atoms with Crippen molar-refractivity contribution in [1.29, 1.82) is 0 Å². The number of carbonyl (C=O) groups is 1. The van der Waals surface area contributed by atoms with E-state index in [4.69, 9.17) is 4.74 Å². The maximum Gasteiger partial charge on any atom is 0.409 e. The van der Waals surface area contributed by atoms with Crippen LogP contribution in [0.4, 0.5) is 22.1 Å². The van der Waals surface area contributed by atoms with Gasteiger partial charge in [-0.1, -0.05) is 0 Å². The van der Waals surface area contributed by atoms with Gasteiger partial charge in [0.1, 0.15) is 0 Å². The molecule has 1 fully saturated rings. The number of piperazine rings is 1. The second kappa shape index (κ2) is 9.30. The summed E-state index contributed by atoms with van der Waals surface area (Å²) >= 11 is 1.64.